The van der Waals surface area contributed by atoms with Gasteiger partial charge in [0.1, 0.15) is 0 Å². The number of allylic oxidation sites excluding steroid dienone is 1. The maximum Gasteiger partial charge on any atom is 0.335 e. The van der Waals surface area contributed by atoms with Gasteiger partial charge < -0.3 is 10.1 Å². The molecule has 0 radical (unpaired) electrons. The fourth-order valence-electron chi connectivity index (χ4n) is 1.22. The highest BCUT2D eigenvalue weighted by Gasteiger charge is 2.08. The van der Waals surface area contributed by atoms with Crippen molar-refractivity contribution in [3.05, 3.63) is 41.6 Å². The molecule has 1 aromatic rings. The Kier molecular flexibility index (Phi) is 4.58. The van der Waals surface area contributed by atoms with Gasteiger partial charge in [0.25, 0.3) is 0 Å². The molecule has 0 saturated heterocycles. The molecule has 3 heteroatoms. The van der Waals surface area contributed by atoms with Crippen LogP contribution >= 0.6 is 0 Å². The van der Waals surface area contributed by atoms with Crippen molar-refractivity contribution in [1.29, 1.82) is 0 Å². The lowest BCUT2D eigenvalue weighted by Crippen LogP contribution is -2.10. The van der Waals surface area contributed by atoms with Crippen LogP contribution in [0.4, 0.5) is 5.69 Å². The number of esters is 1. The monoisotopic (exact) mass is 219 g/mol. The molecule has 0 atom stereocenters. The first-order valence-electron chi connectivity index (χ1n) is 5.31. The molecule has 0 aromatic heterocycles. The van der Waals surface area contributed by atoms with Crippen LogP contribution in [0.25, 0.3) is 0 Å². The maximum atomic E-state index is 11.5. The van der Waals surface area contributed by atoms with Gasteiger partial charge in [0, 0.05) is 11.4 Å². The molecule has 0 unspecified atom stereocenters. The molecule has 0 aliphatic carbocycles. The summed E-state index contributed by atoms with van der Waals surface area (Å²) in [5, 5.41) is 3.16. The first kappa shape index (κ1) is 12.3. The number of carbonyl (C=O) groups is 1. The van der Waals surface area contributed by atoms with E-state index in [0.717, 1.165) is 11.4 Å². The second-order valence-electron chi connectivity index (χ2n) is 3.46. The Balaban J connectivity index is 2.73. The van der Waals surface area contributed by atoms with E-state index in [1.54, 1.807) is 13.8 Å². The van der Waals surface area contributed by atoms with Crippen LogP contribution in [0, 0.1) is 0 Å². The third-order valence-corrected chi connectivity index (χ3v) is 2.25. The average molecular weight is 219 g/mol. The standard InChI is InChI=1S/C13H17NO2/c1-4-16-13(15)10(2)11(3)14-12-8-6-5-7-9-12/h5-9,14H,4H2,1-3H3/b11-10-. The summed E-state index contributed by atoms with van der Waals surface area (Å²) in [5.41, 5.74) is 2.37. The molecule has 86 valence electrons. The lowest BCUT2D eigenvalue weighted by atomic mass is 10.2. The van der Waals surface area contributed by atoms with Crippen LogP contribution in [0.2, 0.25) is 0 Å². The van der Waals surface area contributed by atoms with Crippen LogP contribution in [0.1, 0.15) is 20.8 Å². The highest BCUT2D eigenvalue weighted by atomic mass is 16.5. The fraction of sp³-hybridized carbons (Fsp3) is 0.308. The summed E-state index contributed by atoms with van der Waals surface area (Å²) in [6, 6.07) is 9.72. The number of anilines is 1. The minimum atomic E-state index is -0.275. The van der Waals surface area contributed by atoms with E-state index in [2.05, 4.69) is 5.32 Å². The van der Waals surface area contributed by atoms with Crippen molar-refractivity contribution < 1.29 is 9.53 Å². The quantitative estimate of drug-likeness (QED) is 0.625. The summed E-state index contributed by atoms with van der Waals surface area (Å²) in [7, 11) is 0. The van der Waals surface area contributed by atoms with Crippen LogP contribution in [-0.2, 0) is 9.53 Å². The van der Waals surface area contributed by atoms with E-state index in [1.165, 1.54) is 0 Å². The van der Waals surface area contributed by atoms with Crippen molar-refractivity contribution in [1.82, 2.24) is 0 Å². The molecule has 1 N–H and O–H groups in total. The lowest BCUT2D eigenvalue weighted by molar-refractivity contribution is -0.138. The van der Waals surface area contributed by atoms with Crippen LogP contribution in [-0.4, -0.2) is 12.6 Å². The van der Waals surface area contributed by atoms with Crippen LogP contribution in [0.5, 0.6) is 0 Å². The molecular formula is C13H17NO2. The minimum Gasteiger partial charge on any atom is -0.463 e. The molecular weight excluding hydrogens is 202 g/mol. The molecule has 0 saturated carbocycles. The van der Waals surface area contributed by atoms with E-state index in [1.807, 2.05) is 37.3 Å². The SMILES string of the molecule is CCOC(=O)/C(C)=C(/C)Nc1ccccc1. The largest absolute Gasteiger partial charge is 0.463 e. The van der Waals surface area contributed by atoms with Gasteiger partial charge in [0.15, 0.2) is 0 Å². The van der Waals surface area contributed by atoms with Gasteiger partial charge in [-0.25, -0.2) is 4.79 Å². The van der Waals surface area contributed by atoms with Crippen LogP contribution in [0.15, 0.2) is 41.6 Å². The molecule has 0 aliphatic rings. The van der Waals surface area contributed by atoms with Crippen molar-refractivity contribution in [3.63, 3.8) is 0 Å². The molecule has 0 bridgehead atoms. The Hall–Kier alpha value is -1.77. The van der Waals surface area contributed by atoms with Gasteiger partial charge in [-0.2, -0.15) is 0 Å². The van der Waals surface area contributed by atoms with E-state index in [0.29, 0.717) is 12.2 Å². The Labute approximate surface area is 96.1 Å². The van der Waals surface area contributed by atoms with E-state index >= 15 is 0 Å². The van der Waals surface area contributed by atoms with Gasteiger partial charge in [-0.1, -0.05) is 18.2 Å². The topological polar surface area (TPSA) is 38.3 Å². The molecule has 0 spiro atoms. The molecule has 3 nitrogen and oxygen atoms in total. The number of carbonyl (C=O) groups excluding carboxylic acids is 1. The second kappa shape index (κ2) is 5.95. The third-order valence-electron chi connectivity index (χ3n) is 2.25. The third kappa shape index (κ3) is 3.42. The Bertz CT molecular complexity index is 382. The normalized spacial score (nSPS) is 11.7. The van der Waals surface area contributed by atoms with E-state index in [-0.39, 0.29) is 5.97 Å². The van der Waals surface area contributed by atoms with Gasteiger partial charge >= 0.3 is 5.97 Å². The number of rotatable bonds is 4. The van der Waals surface area contributed by atoms with Crippen molar-refractivity contribution in [3.8, 4) is 0 Å². The maximum absolute atomic E-state index is 11.5. The lowest BCUT2D eigenvalue weighted by Gasteiger charge is -2.10. The molecule has 16 heavy (non-hydrogen) atoms. The van der Waals surface area contributed by atoms with E-state index in [9.17, 15) is 4.79 Å². The number of benzene rings is 1. The minimum absolute atomic E-state index is 0.275. The first-order chi connectivity index (χ1) is 7.65. The summed E-state index contributed by atoms with van der Waals surface area (Å²) in [4.78, 5) is 11.5. The summed E-state index contributed by atoms with van der Waals surface area (Å²) in [5.74, 6) is -0.275. The molecule has 1 rings (SSSR count). The number of nitrogens with one attached hydrogen (secondary N) is 1. The van der Waals surface area contributed by atoms with E-state index in [4.69, 9.17) is 4.74 Å². The average Bonchev–Trinajstić information content (AvgIpc) is 2.29. The highest BCUT2D eigenvalue weighted by Crippen LogP contribution is 2.12. The van der Waals surface area contributed by atoms with Crippen molar-refractivity contribution >= 4 is 11.7 Å². The predicted molar refractivity (Wildman–Crippen MR) is 65.1 cm³/mol. The molecule has 0 fully saturated rings. The number of hydrogen-bond donors (Lipinski definition) is 1. The van der Waals surface area contributed by atoms with E-state index < -0.39 is 0 Å². The molecule has 0 amide bonds. The Morgan fingerprint density at radius 3 is 2.44 bits per heavy atom. The predicted octanol–water partition coefficient (Wildman–Crippen LogP) is 2.96. The van der Waals surface area contributed by atoms with Gasteiger partial charge in [-0.3, -0.25) is 0 Å². The first-order valence-corrected chi connectivity index (χ1v) is 5.31. The van der Waals surface area contributed by atoms with Gasteiger partial charge in [0.2, 0.25) is 0 Å². The fourth-order valence-corrected chi connectivity index (χ4v) is 1.22. The summed E-state index contributed by atoms with van der Waals surface area (Å²) >= 11 is 0. The number of hydrogen-bond acceptors (Lipinski definition) is 3. The molecule has 1 aromatic carbocycles. The van der Waals surface area contributed by atoms with Crippen molar-refractivity contribution in [2.75, 3.05) is 11.9 Å². The highest BCUT2D eigenvalue weighted by molar-refractivity contribution is 5.89. The van der Waals surface area contributed by atoms with Gasteiger partial charge in [0.05, 0.1) is 12.2 Å². The van der Waals surface area contributed by atoms with Crippen molar-refractivity contribution in [2.24, 2.45) is 0 Å². The van der Waals surface area contributed by atoms with Gasteiger partial charge in [-0.05, 0) is 32.9 Å². The Morgan fingerprint density at radius 2 is 1.88 bits per heavy atom. The van der Waals surface area contributed by atoms with Crippen LogP contribution < -0.4 is 5.32 Å². The zero-order valence-corrected chi connectivity index (χ0v) is 9.91. The second-order valence-corrected chi connectivity index (χ2v) is 3.46. The summed E-state index contributed by atoms with van der Waals surface area (Å²) in [6.45, 7) is 5.81. The number of para-hydroxylation sites is 1. The zero-order valence-electron chi connectivity index (χ0n) is 9.91. The van der Waals surface area contributed by atoms with Gasteiger partial charge in [-0.15, -0.1) is 0 Å². The molecule has 0 aliphatic heterocycles. The van der Waals surface area contributed by atoms with Crippen molar-refractivity contribution in [2.45, 2.75) is 20.8 Å². The smallest absolute Gasteiger partial charge is 0.335 e. The zero-order chi connectivity index (χ0) is 12.0. The Morgan fingerprint density at radius 1 is 1.25 bits per heavy atom. The number of ether oxygens (including phenoxy) is 1. The molecule has 0 heterocycles. The summed E-state index contributed by atoms with van der Waals surface area (Å²) in [6.07, 6.45) is 0. The summed E-state index contributed by atoms with van der Waals surface area (Å²) < 4.78 is 4.93. The van der Waals surface area contributed by atoms with Crippen LogP contribution in [0.3, 0.4) is 0 Å².